The molecule has 1 aromatic rings. The first-order valence-electron chi connectivity index (χ1n) is 6.84. The Morgan fingerprint density at radius 3 is 2.74 bits per heavy atom. The molecule has 1 aromatic carbocycles. The van der Waals surface area contributed by atoms with Crippen molar-refractivity contribution in [3.63, 3.8) is 0 Å². The van der Waals surface area contributed by atoms with Crippen LogP contribution in [0.3, 0.4) is 0 Å². The first-order valence-corrected chi connectivity index (χ1v) is 6.84. The SMILES string of the molecule is CCC1N(Cc2ccccc2)CCC1(N)CC(=O)O. The molecule has 1 saturated heterocycles. The van der Waals surface area contributed by atoms with Gasteiger partial charge in [0.2, 0.25) is 0 Å². The van der Waals surface area contributed by atoms with Crippen LogP contribution in [-0.4, -0.2) is 34.1 Å². The van der Waals surface area contributed by atoms with Crippen LogP contribution in [0.1, 0.15) is 31.7 Å². The van der Waals surface area contributed by atoms with Crippen molar-refractivity contribution < 1.29 is 9.90 Å². The van der Waals surface area contributed by atoms with E-state index in [0.29, 0.717) is 0 Å². The molecule has 1 aliphatic heterocycles. The number of carboxylic acids is 1. The number of nitrogens with two attached hydrogens (primary N) is 1. The number of carbonyl (C=O) groups is 1. The topological polar surface area (TPSA) is 66.6 Å². The van der Waals surface area contributed by atoms with Crippen LogP contribution in [0.5, 0.6) is 0 Å². The molecule has 1 aliphatic rings. The Balaban J connectivity index is 2.09. The first kappa shape index (κ1) is 14.0. The van der Waals surface area contributed by atoms with E-state index >= 15 is 0 Å². The number of rotatable bonds is 5. The van der Waals surface area contributed by atoms with E-state index in [4.69, 9.17) is 10.8 Å². The first-order chi connectivity index (χ1) is 9.05. The predicted molar refractivity (Wildman–Crippen MR) is 74.7 cm³/mol. The van der Waals surface area contributed by atoms with Crippen molar-refractivity contribution in [3.05, 3.63) is 35.9 Å². The summed E-state index contributed by atoms with van der Waals surface area (Å²) in [7, 11) is 0. The van der Waals surface area contributed by atoms with E-state index in [2.05, 4.69) is 24.0 Å². The van der Waals surface area contributed by atoms with Crippen molar-refractivity contribution in [2.75, 3.05) is 6.54 Å². The van der Waals surface area contributed by atoms with Crippen molar-refractivity contribution in [1.82, 2.24) is 4.90 Å². The van der Waals surface area contributed by atoms with Crippen LogP contribution in [0.4, 0.5) is 0 Å². The predicted octanol–water partition coefficient (Wildman–Crippen LogP) is 1.84. The summed E-state index contributed by atoms with van der Waals surface area (Å²) in [6.07, 6.45) is 1.69. The van der Waals surface area contributed by atoms with Gasteiger partial charge in [-0.1, -0.05) is 37.3 Å². The molecule has 2 unspecified atom stereocenters. The number of likely N-dealkylation sites (tertiary alicyclic amines) is 1. The van der Waals surface area contributed by atoms with E-state index in [1.54, 1.807) is 0 Å². The maximum Gasteiger partial charge on any atom is 0.305 e. The Morgan fingerprint density at radius 2 is 2.16 bits per heavy atom. The highest BCUT2D eigenvalue weighted by Gasteiger charge is 2.44. The zero-order valence-electron chi connectivity index (χ0n) is 11.4. The molecule has 0 aromatic heterocycles. The molecule has 1 fully saturated rings. The molecule has 3 N–H and O–H groups in total. The van der Waals surface area contributed by atoms with Gasteiger partial charge in [0, 0.05) is 24.7 Å². The zero-order chi connectivity index (χ0) is 13.9. The third-order valence-corrected chi connectivity index (χ3v) is 4.06. The minimum Gasteiger partial charge on any atom is -0.481 e. The smallest absolute Gasteiger partial charge is 0.305 e. The molecule has 0 spiro atoms. The van der Waals surface area contributed by atoms with Gasteiger partial charge in [0.15, 0.2) is 0 Å². The highest BCUT2D eigenvalue weighted by molar-refractivity contribution is 5.68. The van der Waals surface area contributed by atoms with E-state index < -0.39 is 11.5 Å². The number of hydrogen-bond donors (Lipinski definition) is 2. The molecular weight excluding hydrogens is 240 g/mol. The van der Waals surface area contributed by atoms with Gasteiger partial charge in [0.05, 0.1) is 6.42 Å². The summed E-state index contributed by atoms with van der Waals surface area (Å²) in [6.45, 7) is 3.80. The number of hydrogen-bond acceptors (Lipinski definition) is 3. The van der Waals surface area contributed by atoms with Gasteiger partial charge in [-0.25, -0.2) is 0 Å². The van der Waals surface area contributed by atoms with Crippen LogP contribution in [0.2, 0.25) is 0 Å². The van der Waals surface area contributed by atoms with E-state index in [0.717, 1.165) is 25.9 Å². The van der Waals surface area contributed by atoms with Crippen LogP contribution < -0.4 is 5.73 Å². The lowest BCUT2D eigenvalue weighted by molar-refractivity contribution is -0.138. The van der Waals surface area contributed by atoms with Gasteiger partial charge in [0.25, 0.3) is 0 Å². The maximum absolute atomic E-state index is 11.0. The van der Waals surface area contributed by atoms with Gasteiger partial charge < -0.3 is 10.8 Å². The summed E-state index contributed by atoms with van der Waals surface area (Å²) in [6, 6.07) is 10.4. The quantitative estimate of drug-likeness (QED) is 0.849. The van der Waals surface area contributed by atoms with Crippen LogP contribution in [-0.2, 0) is 11.3 Å². The highest BCUT2D eigenvalue weighted by Crippen LogP contribution is 2.32. The Labute approximate surface area is 114 Å². The summed E-state index contributed by atoms with van der Waals surface area (Å²) < 4.78 is 0. The maximum atomic E-state index is 11.0. The Bertz CT molecular complexity index is 435. The van der Waals surface area contributed by atoms with Crippen LogP contribution in [0.25, 0.3) is 0 Å². The fraction of sp³-hybridized carbons (Fsp3) is 0.533. The van der Waals surface area contributed by atoms with Gasteiger partial charge in [-0.05, 0) is 18.4 Å². The summed E-state index contributed by atoms with van der Waals surface area (Å²) >= 11 is 0. The largest absolute Gasteiger partial charge is 0.481 e. The second-order valence-corrected chi connectivity index (χ2v) is 5.43. The van der Waals surface area contributed by atoms with Gasteiger partial charge in [-0.15, -0.1) is 0 Å². The second kappa shape index (κ2) is 5.72. The second-order valence-electron chi connectivity index (χ2n) is 5.43. The van der Waals surface area contributed by atoms with E-state index in [-0.39, 0.29) is 12.5 Å². The molecule has 1 heterocycles. The summed E-state index contributed by atoms with van der Waals surface area (Å²) in [5, 5.41) is 9.03. The van der Waals surface area contributed by atoms with E-state index in [9.17, 15) is 4.79 Å². The molecule has 0 aliphatic carbocycles. The Hall–Kier alpha value is -1.39. The molecular formula is C15H22N2O2. The lowest BCUT2D eigenvalue weighted by Crippen LogP contribution is -2.52. The molecule has 0 bridgehead atoms. The van der Waals surface area contributed by atoms with Gasteiger partial charge in [-0.3, -0.25) is 9.69 Å². The zero-order valence-corrected chi connectivity index (χ0v) is 11.4. The molecule has 0 radical (unpaired) electrons. The van der Waals surface area contributed by atoms with Crippen molar-refractivity contribution in [1.29, 1.82) is 0 Å². The number of aliphatic carboxylic acids is 1. The highest BCUT2D eigenvalue weighted by atomic mass is 16.4. The number of benzene rings is 1. The van der Waals surface area contributed by atoms with Crippen LogP contribution >= 0.6 is 0 Å². The molecule has 0 saturated carbocycles. The molecule has 4 nitrogen and oxygen atoms in total. The van der Waals surface area contributed by atoms with Crippen molar-refractivity contribution in [3.8, 4) is 0 Å². The van der Waals surface area contributed by atoms with Gasteiger partial charge in [-0.2, -0.15) is 0 Å². The number of nitrogens with zero attached hydrogens (tertiary/aromatic N) is 1. The van der Waals surface area contributed by atoms with Crippen molar-refractivity contribution in [2.45, 2.75) is 44.3 Å². The third kappa shape index (κ3) is 3.14. The molecule has 2 rings (SSSR count). The summed E-state index contributed by atoms with van der Waals surface area (Å²) in [5.41, 5.74) is 7.00. The summed E-state index contributed by atoms with van der Waals surface area (Å²) in [5.74, 6) is -0.803. The fourth-order valence-electron chi connectivity index (χ4n) is 3.20. The van der Waals surface area contributed by atoms with E-state index in [1.807, 2.05) is 18.2 Å². The average Bonchev–Trinajstić information content (AvgIpc) is 2.66. The molecule has 104 valence electrons. The normalized spacial score (nSPS) is 27.6. The minimum atomic E-state index is -0.803. The molecule has 2 atom stereocenters. The Morgan fingerprint density at radius 1 is 1.47 bits per heavy atom. The number of carboxylic acid groups (broad SMARTS) is 1. The van der Waals surface area contributed by atoms with Gasteiger partial charge >= 0.3 is 5.97 Å². The lowest BCUT2D eigenvalue weighted by atomic mass is 9.86. The average molecular weight is 262 g/mol. The standard InChI is InChI=1S/C15H22N2O2/c1-2-13-15(16,10-14(18)19)8-9-17(13)11-12-6-4-3-5-7-12/h3-7,13H,2,8-11,16H2,1H3,(H,18,19). The molecule has 19 heavy (non-hydrogen) atoms. The molecule has 4 heteroatoms. The Kier molecular flexibility index (Phi) is 4.22. The van der Waals surface area contributed by atoms with Crippen LogP contribution in [0, 0.1) is 0 Å². The van der Waals surface area contributed by atoms with E-state index in [1.165, 1.54) is 5.56 Å². The van der Waals surface area contributed by atoms with Crippen molar-refractivity contribution in [2.24, 2.45) is 5.73 Å². The fourth-order valence-corrected chi connectivity index (χ4v) is 3.20. The lowest BCUT2D eigenvalue weighted by Gasteiger charge is -2.33. The van der Waals surface area contributed by atoms with Crippen LogP contribution in [0.15, 0.2) is 30.3 Å². The third-order valence-electron chi connectivity index (χ3n) is 4.06. The monoisotopic (exact) mass is 262 g/mol. The minimum absolute atomic E-state index is 0.0524. The summed E-state index contributed by atoms with van der Waals surface area (Å²) in [4.78, 5) is 13.3. The van der Waals surface area contributed by atoms with Gasteiger partial charge in [0.1, 0.15) is 0 Å². The molecule has 0 amide bonds. The van der Waals surface area contributed by atoms with Crippen molar-refractivity contribution >= 4 is 5.97 Å².